The molecule has 40 heavy (non-hydrogen) atoms. The quantitative estimate of drug-likeness (QED) is 0.301. The highest BCUT2D eigenvalue weighted by molar-refractivity contribution is 6.10. The van der Waals surface area contributed by atoms with Crippen molar-refractivity contribution in [1.29, 1.82) is 0 Å². The van der Waals surface area contributed by atoms with Gasteiger partial charge in [0.25, 0.3) is 5.91 Å². The zero-order chi connectivity index (χ0) is 28.1. The van der Waals surface area contributed by atoms with Crippen LogP contribution in [-0.4, -0.2) is 31.6 Å². The van der Waals surface area contributed by atoms with Crippen molar-refractivity contribution in [2.75, 3.05) is 24.7 Å². The number of carbonyl (C=O) groups excluding carboxylic acids is 2. The van der Waals surface area contributed by atoms with Gasteiger partial charge in [-0.3, -0.25) is 14.5 Å². The SMILES string of the molecule is Cc1ccc(N(C(=O)c2ccc3c(c2)OCCO3)[C@@H](C(=O)NCCc2ccccc2)c2ccc(F)cc2)c(C)c1. The lowest BCUT2D eigenvalue weighted by molar-refractivity contribution is -0.122. The molecule has 0 aromatic heterocycles. The number of hydrogen-bond acceptors (Lipinski definition) is 4. The van der Waals surface area contributed by atoms with Gasteiger partial charge < -0.3 is 14.8 Å². The second kappa shape index (κ2) is 12.0. The summed E-state index contributed by atoms with van der Waals surface area (Å²) < 4.78 is 25.3. The third-order valence-electron chi connectivity index (χ3n) is 6.87. The van der Waals surface area contributed by atoms with Gasteiger partial charge in [0.2, 0.25) is 5.91 Å². The molecular weight excluding hydrogens is 507 g/mol. The maximum absolute atomic E-state index is 14.3. The van der Waals surface area contributed by atoms with Crippen molar-refractivity contribution < 1.29 is 23.5 Å². The van der Waals surface area contributed by atoms with Crippen LogP contribution in [0.25, 0.3) is 0 Å². The van der Waals surface area contributed by atoms with Crippen LogP contribution in [0.1, 0.15) is 38.7 Å². The Hall–Kier alpha value is -4.65. The molecular formula is C33H31FN2O4. The summed E-state index contributed by atoms with van der Waals surface area (Å²) >= 11 is 0. The predicted octanol–water partition coefficient (Wildman–Crippen LogP) is 5.96. The number of rotatable bonds is 8. The Morgan fingerprint density at radius 1 is 0.875 bits per heavy atom. The Morgan fingerprint density at radius 2 is 1.60 bits per heavy atom. The van der Waals surface area contributed by atoms with Crippen LogP contribution in [0.4, 0.5) is 10.1 Å². The van der Waals surface area contributed by atoms with Gasteiger partial charge in [0.15, 0.2) is 11.5 Å². The molecule has 4 aromatic carbocycles. The molecule has 7 heteroatoms. The summed E-state index contributed by atoms with van der Waals surface area (Å²) in [7, 11) is 0. The van der Waals surface area contributed by atoms with Gasteiger partial charge in [0.05, 0.1) is 0 Å². The topological polar surface area (TPSA) is 67.9 Å². The van der Waals surface area contributed by atoms with E-state index in [2.05, 4.69) is 5.32 Å². The predicted molar refractivity (Wildman–Crippen MR) is 152 cm³/mol. The van der Waals surface area contributed by atoms with Gasteiger partial charge in [-0.05, 0) is 73.4 Å². The number of fused-ring (bicyclic) bond motifs is 1. The van der Waals surface area contributed by atoms with E-state index < -0.39 is 17.8 Å². The molecule has 0 fully saturated rings. The summed E-state index contributed by atoms with van der Waals surface area (Å²) in [6, 6.07) is 25.2. The minimum Gasteiger partial charge on any atom is -0.486 e. The van der Waals surface area contributed by atoms with E-state index in [-0.39, 0.29) is 5.91 Å². The first kappa shape index (κ1) is 26.9. The summed E-state index contributed by atoms with van der Waals surface area (Å²) in [4.78, 5) is 29.8. The summed E-state index contributed by atoms with van der Waals surface area (Å²) in [5.74, 6) is -0.147. The van der Waals surface area contributed by atoms with Crippen LogP contribution in [0.15, 0.2) is 91.0 Å². The molecule has 0 radical (unpaired) electrons. The molecule has 1 aliphatic heterocycles. The van der Waals surface area contributed by atoms with Crippen LogP contribution in [0.3, 0.4) is 0 Å². The number of amides is 2. The van der Waals surface area contributed by atoms with Crippen LogP contribution < -0.4 is 19.7 Å². The van der Waals surface area contributed by atoms with Crippen LogP contribution in [0.5, 0.6) is 11.5 Å². The number of nitrogens with zero attached hydrogens (tertiary/aromatic N) is 1. The molecule has 0 saturated heterocycles. The second-order valence-corrected chi connectivity index (χ2v) is 9.80. The van der Waals surface area contributed by atoms with E-state index in [0.717, 1.165) is 16.7 Å². The molecule has 6 nitrogen and oxygen atoms in total. The molecule has 1 heterocycles. The Balaban J connectivity index is 1.56. The number of hydrogen-bond donors (Lipinski definition) is 1. The molecule has 1 N–H and O–H groups in total. The molecule has 0 aliphatic carbocycles. The Kier molecular flexibility index (Phi) is 8.10. The number of ether oxygens (including phenoxy) is 2. The lowest BCUT2D eigenvalue weighted by Gasteiger charge is -2.33. The number of carbonyl (C=O) groups is 2. The van der Waals surface area contributed by atoms with Gasteiger partial charge in [-0.25, -0.2) is 4.39 Å². The van der Waals surface area contributed by atoms with E-state index in [1.54, 1.807) is 30.3 Å². The highest BCUT2D eigenvalue weighted by Crippen LogP contribution is 2.35. The van der Waals surface area contributed by atoms with Crippen molar-refractivity contribution in [3.8, 4) is 11.5 Å². The summed E-state index contributed by atoms with van der Waals surface area (Å²) in [5, 5.41) is 3.01. The van der Waals surface area contributed by atoms with Crippen molar-refractivity contribution in [3.63, 3.8) is 0 Å². The van der Waals surface area contributed by atoms with Crippen molar-refractivity contribution >= 4 is 17.5 Å². The van der Waals surface area contributed by atoms with Crippen molar-refractivity contribution in [2.45, 2.75) is 26.3 Å². The third kappa shape index (κ3) is 5.99. The zero-order valence-corrected chi connectivity index (χ0v) is 22.5. The first-order valence-electron chi connectivity index (χ1n) is 13.3. The first-order valence-corrected chi connectivity index (χ1v) is 13.3. The fourth-order valence-corrected chi connectivity index (χ4v) is 4.89. The average Bonchev–Trinajstić information content (AvgIpc) is 2.97. The first-order chi connectivity index (χ1) is 19.4. The molecule has 0 spiro atoms. The monoisotopic (exact) mass is 538 g/mol. The van der Waals surface area contributed by atoms with Gasteiger partial charge >= 0.3 is 0 Å². The second-order valence-electron chi connectivity index (χ2n) is 9.80. The van der Waals surface area contributed by atoms with Gasteiger partial charge in [0.1, 0.15) is 25.1 Å². The zero-order valence-electron chi connectivity index (χ0n) is 22.5. The standard InChI is InChI=1S/C33H31FN2O4/c1-22-8-14-28(23(2)20-22)36(33(38)26-11-15-29-30(21-26)40-19-18-39-29)31(25-9-12-27(34)13-10-25)32(37)35-17-16-24-6-4-3-5-7-24/h3-15,20-21,31H,16-19H2,1-2H3,(H,35,37)/t31-/m1/s1. The molecule has 0 bridgehead atoms. The summed E-state index contributed by atoms with van der Waals surface area (Å²) in [5.41, 5.74) is 4.35. The number of nitrogens with one attached hydrogen (secondary N) is 1. The Bertz CT molecular complexity index is 1510. The average molecular weight is 539 g/mol. The largest absolute Gasteiger partial charge is 0.486 e. The lowest BCUT2D eigenvalue weighted by atomic mass is 9.99. The van der Waals surface area contributed by atoms with Crippen molar-refractivity contribution in [2.24, 2.45) is 0 Å². The number of benzene rings is 4. The molecule has 2 amide bonds. The minimum absolute atomic E-state index is 0.341. The van der Waals surface area contributed by atoms with E-state index in [1.807, 2.05) is 62.4 Å². The molecule has 4 aromatic rings. The van der Waals surface area contributed by atoms with Gasteiger partial charge in [-0.15, -0.1) is 0 Å². The molecule has 204 valence electrons. The smallest absolute Gasteiger partial charge is 0.259 e. The van der Waals surface area contributed by atoms with E-state index in [9.17, 15) is 14.0 Å². The van der Waals surface area contributed by atoms with Gasteiger partial charge in [-0.1, -0.05) is 60.2 Å². The highest BCUT2D eigenvalue weighted by Gasteiger charge is 2.34. The van der Waals surface area contributed by atoms with E-state index >= 15 is 0 Å². The van der Waals surface area contributed by atoms with Crippen molar-refractivity contribution in [3.05, 3.63) is 125 Å². The Labute approximate surface area is 233 Å². The summed E-state index contributed by atoms with van der Waals surface area (Å²) in [6.07, 6.45) is 0.627. The molecule has 0 unspecified atom stereocenters. The van der Waals surface area contributed by atoms with Crippen LogP contribution in [0, 0.1) is 19.7 Å². The fraction of sp³-hybridized carbons (Fsp3) is 0.212. The van der Waals surface area contributed by atoms with Crippen LogP contribution in [0.2, 0.25) is 0 Å². The van der Waals surface area contributed by atoms with Crippen molar-refractivity contribution in [1.82, 2.24) is 5.32 Å². The van der Waals surface area contributed by atoms with E-state index in [1.165, 1.54) is 17.0 Å². The lowest BCUT2D eigenvalue weighted by Crippen LogP contribution is -2.45. The number of halogens is 1. The Morgan fingerprint density at radius 3 is 2.33 bits per heavy atom. The highest BCUT2D eigenvalue weighted by atomic mass is 19.1. The maximum atomic E-state index is 14.3. The molecule has 1 aliphatic rings. The van der Waals surface area contributed by atoms with Gasteiger partial charge in [0, 0.05) is 17.8 Å². The normalized spacial score (nSPS) is 12.9. The van der Waals surface area contributed by atoms with E-state index in [4.69, 9.17) is 9.47 Å². The van der Waals surface area contributed by atoms with Crippen LogP contribution in [-0.2, 0) is 11.2 Å². The molecule has 5 rings (SSSR count). The van der Waals surface area contributed by atoms with Crippen LogP contribution >= 0.6 is 0 Å². The summed E-state index contributed by atoms with van der Waals surface area (Å²) in [6.45, 7) is 5.07. The fourth-order valence-electron chi connectivity index (χ4n) is 4.89. The van der Waals surface area contributed by atoms with Gasteiger partial charge in [-0.2, -0.15) is 0 Å². The molecule has 0 saturated carbocycles. The third-order valence-corrected chi connectivity index (χ3v) is 6.87. The van der Waals surface area contributed by atoms with E-state index in [0.29, 0.717) is 54.5 Å². The maximum Gasteiger partial charge on any atom is 0.259 e. The molecule has 1 atom stereocenters. The number of aryl methyl sites for hydroxylation is 2. The minimum atomic E-state index is -1.06. The number of anilines is 1.